The number of nitrogens with one attached hydrogen (secondary N) is 1. The maximum atomic E-state index is 7.17. The molecule has 0 fully saturated rings. The van der Waals surface area contributed by atoms with Gasteiger partial charge in [-0.1, -0.05) is 12.1 Å². The van der Waals surface area contributed by atoms with Crippen LogP contribution in [0.25, 0.3) is 11.0 Å². The Morgan fingerprint density at radius 1 is 1.00 bits per heavy atom. The molecule has 6 nitrogen and oxygen atoms in total. The molecule has 1 aromatic heterocycles. The average molecular weight is 181 g/mol. The van der Waals surface area contributed by atoms with E-state index in [1.807, 2.05) is 24.3 Å². The number of nitrogens with zero attached hydrogens (tertiary/aromatic N) is 2. The first-order valence-electron chi connectivity index (χ1n) is 3.50. The minimum absolute atomic E-state index is 0.914. The molecule has 0 unspecified atom stereocenters. The summed E-state index contributed by atoms with van der Waals surface area (Å²) < 4.78 is 0. The fraction of sp³-hybridized carbons (Fsp3) is 0. The minimum Gasteiger partial charge on any atom is -0.402 e. The van der Waals surface area contributed by atoms with Crippen molar-refractivity contribution in [2.45, 2.75) is 0 Å². The third-order valence-corrected chi connectivity index (χ3v) is 1.22. The Morgan fingerprint density at radius 3 is 1.77 bits per heavy atom. The normalized spacial score (nSPS) is 9.15. The number of hydrogen-bond acceptors (Lipinski definition) is 5. The standard InChI is InChI=1S/C6H5N3.BH3O3/c1-2-4-6-5(3-1)7-9-8-6;2-1(3)4/h1-4H,(H,7,8,9);2-4H. The molecule has 1 heterocycles. The van der Waals surface area contributed by atoms with Gasteiger partial charge >= 0.3 is 7.32 Å². The van der Waals surface area contributed by atoms with Gasteiger partial charge < -0.3 is 15.1 Å². The molecule has 0 aliphatic carbocycles. The van der Waals surface area contributed by atoms with Gasteiger partial charge in [0.1, 0.15) is 11.0 Å². The van der Waals surface area contributed by atoms with Crippen molar-refractivity contribution in [1.82, 2.24) is 15.4 Å². The van der Waals surface area contributed by atoms with E-state index in [0.717, 1.165) is 11.0 Å². The highest BCUT2D eigenvalue weighted by atomic mass is 16.5. The third kappa shape index (κ3) is 3.20. The number of aromatic amines is 1. The fourth-order valence-corrected chi connectivity index (χ4v) is 0.786. The molecule has 13 heavy (non-hydrogen) atoms. The van der Waals surface area contributed by atoms with Crippen LogP contribution in [0.1, 0.15) is 0 Å². The lowest BCUT2D eigenvalue weighted by Gasteiger charge is -1.78. The van der Waals surface area contributed by atoms with E-state index in [9.17, 15) is 0 Å². The molecule has 4 N–H and O–H groups in total. The van der Waals surface area contributed by atoms with Gasteiger partial charge in [0, 0.05) is 0 Å². The van der Waals surface area contributed by atoms with Crippen LogP contribution >= 0.6 is 0 Å². The molecule has 2 aromatic rings. The van der Waals surface area contributed by atoms with Crippen LogP contribution in [0.15, 0.2) is 24.3 Å². The van der Waals surface area contributed by atoms with Crippen LogP contribution in [0.4, 0.5) is 0 Å². The predicted octanol–water partition coefficient (Wildman–Crippen LogP) is -1.09. The van der Waals surface area contributed by atoms with Gasteiger partial charge in [-0.2, -0.15) is 15.4 Å². The molecule has 68 valence electrons. The minimum atomic E-state index is -2.17. The Morgan fingerprint density at radius 2 is 1.38 bits per heavy atom. The van der Waals surface area contributed by atoms with E-state index in [1.165, 1.54) is 0 Å². The van der Waals surface area contributed by atoms with Crippen molar-refractivity contribution in [1.29, 1.82) is 0 Å². The molecule has 0 bridgehead atoms. The van der Waals surface area contributed by atoms with Gasteiger partial charge in [-0.3, -0.25) is 0 Å². The van der Waals surface area contributed by atoms with Crippen LogP contribution in [-0.4, -0.2) is 37.8 Å². The number of para-hydroxylation sites is 2. The number of H-pyrrole nitrogens is 1. The lowest BCUT2D eigenvalue weighted by Crippen LogP contribution is -2.07. The Balaban J connectivity index is 0.000000184. The molecule has 0 radical (unpaired) electrons. The largest absolute Gasteiger partial charge is 0.631 e. The van der Waals surface area contributed by atoms with E-state index in [0.29, 0.717) is 0 Å². The van der Waals surface area contributed by atoms with Gasteiger partial charge in [0.05, 0.1) is 0 Å². The van der Waals surface area contributed by atoms with Crippen molar-refractivity contribution < 1.29 is 15.1 Å². The number of rotatable bonds is 0. The second-order valence-electron chi connectivity index (χ2n) is 2.16. The Labute approximate surface area is 74.0 Å². The second kappa shape index (κ2) is 4.56. The van der Waals surface area contributed by atoms with E-state index < -0.39 is 7.32 Å². The van der Waals surface area contributed by atoms with Crippen LogP contribution in [0.5, 0.6) is 0 Å². The first kappa shape index (κ1) is 9.65. The Hall–Kier alpha value is -1.44. The summed E-state index contributed by atoms with van der Waals surface area (Å²) >= 11 is 0. The Kier molecular flexibility index (Phi) is 3.38. The summed E-state index contributed by atoms with van der Waals surface area (Å²) in [5, 5.41) is 31.8. The van der Waals surface area contributed by atoms with Crippen molar-refractivity contribution in [3.8, 4) is 0 Å². The van der Waals surface area contributed by atoms with E-state index in [-0.39, 0.29) is 0 Å². The maximum Gasteiger partial charge on any atom is 0.631 e. The molecule has 1 aromatic carbocycles. The highest BCUT2D eigenvalue weighted by molar-refractivity contribution is 6.30. The van der Waals surface area contributed by atoms with Gasteiger partial charge in [-0.05, 0) is 12.1 Å². The lowest BCUT2D eigenvalue weighted by atomic mass is 10.3. The molecule has 0 atom stereocenters. The van der Waals surface area contributed by atoms with E-state index >= 15 is 0 Å². The molecule has 0 aliphatic rings. The first-order valence-corrected chi connectivity index (χ1v) is 3.50. The van der Waals surface area contributed by atoms with Crippen molar-refractivity contribution in [2.24, 2.45) is 0 Å². The zero-order valence-corrected chi connectivity index (χ0v) is 6.62. The average Bonchev–Trinajstić information content (AvgIpc) is 2.49. The smallest absolute Gasteiger partial charge is 0.402 e. The predicted molar refractivity (Wildman–Crippen MR) is 46.3 cm³/mol. The number of hydrogen-bond donors (Lipinski definition) is 4. The Bertz CT molecular complexity index is 332. The van der Waals surface area contributed by atoms with Gasteiger partial charge in [-0.25, -0.2) is 0 Å². The van der Waals surface area contributed by atoms with E-state index in [1.54, 1.807) is 0 Å². The molecule has 0 spiro atoms. The fourth-order valence-electron chi connectivity index (χ4n) is 0.786. The first-order chi connectivity index (χ1) is 6.20. The zero-order chi connectivity index (χ0) is 9.68. The van der Waals surface area contributed by atoms with E-state index in [4.69, 9.17) is 15.1 Å². The molecule has 0 aliphatic heterocycles. The van der Waals surface area contributed by atoms with Crippen LogP contribution < -0.4 is 0 Å². The van der Waals surface area contributed by atoms with Gasteiger partial charge in [-0.15, -0.1) is 0 Å². The zero-order valence-electron chi connectivity index (χ0n) is 6.62. The van der Waals surface area contributed by atoms with Crippen LogP contribution in [-0.2, 0) is 0 Å². The van der Waals surface area contributed by atoms with Gasteiger partial charge in [0.25, 0.3) is 0 Å². The van der Waals surface area contributed by atoms with Crippen LogP contribution in [0.3, 0.4) is 0 Å². The second-order valence-corrected chi connectivity index (χ2v) is 2.16. The summed E-state index contributed by atoms with van der Waals surface area (Å²) in [6, 6.07) is 7.70. The molecular weight excluding hydrogens is 173 g/mol. The van der Waals surface area contributed by atoms with Crippen molar-refractivity contribution in [2.75, 3.05) is 0 Å². The highest BCUT2D eigenvalue weighted by Gasteiger charge is 1.92. The third-order valence-electron chi connectivity index (χ3n) is 1.22. The van der Waals surface area contributed by atoms with Crippen molar-refractivity contribution in [3.05, 3.63) is 24.3 Å². The van der Waals surface area contributed by atoms with Crippen molar-refractivity contribution >= 4 is 18.4 Å². The number of fused-ring (bicyclic) bond motifs is 1. The van der Waals surface area contributed by atoms with Gasteiger partial charge in [0.15, 0.2) is 0 Å². The van der Waals surface area contributed by atoms with Crippen LogP contribution in [0.2, 0.25) is 0 Å². The SMILES string of the molecule is OB(O)O.c1ccc2n[nH]nc2c1. The summed E-state index contributed by atoms with van der Waals surface area (Å²) in [5.74, 6) is 0. The monoisotopic (exact) mass is 181 g/mol. The molecular formula is C6H8BN3O3. The number of benzene rings is 1. The molecule has 7 heteroatoms. The summed E-state index contributed by atoms with van der Waals surface area (Å²) in [5.41, 5.74) is 1.83. The molecule has 0 amide bonds. The highest BCUT2D eigenvalue weighted by Crippen LogP contribution is 2.03. The number of aromatic nitrogens is 3. The van der Waals surface area contributed by atoms with Crippen LogP contribution in [0, 0.1) is 0 Å². The van der Waals surface area contributed by atoms with Crippen molar-refractivity contribution in [3.63, 3.8) is 0 Å². The topological polar surface area (TPSA) is 102 Å². The maximum absolute atomic E-state index is 7.17. The lowest BCUT2D eigenvalue weighted by molar-refractivity contribution is 0.278. The summed E-state index contributed by atoms with van der Waals surface area (Å²) in [7, 11) is -2.17. The quantitative estimate of drug-likeness (QED) is 0.386. The molecule has 2 rings (SSSR count). The van der Waals surface area contributed by atoms with E-state index in [2.05, 4.69) is 15.4 Å². The summed E-state index contributed by atoms with van der Waals surface area (Å²) in [4.78, 5) is 0. The van der Waals surface area contributed by atoms with Gasteiger partial charge in [0.2, 0.25) is 0 Å². The summed E-state index contributed by atoms with van der Waals surface area (Å²) in [6.45, 7) is 0. The molecule has 0 saturated carbocycles. The summed E-state index contributed by atoms with van der Waals surface area (Å²) in [6.07, 6.45) is 0. The molecule has 0 saturated heterocycles.